The molecule has 0 saturated carbocycles. The third-order valence-corrected chi connectivity index (χ3v) is 6.14. The molecule has 0 amide bonds. The third kappa shape index (κ3) is 4.88. The van der Waals surface area contributed by atoms with E-state index >= 15 is 0 Å². The van der Waals surface area contributed by atoms with Gasteiger partial charge in [-0.15, -0.1) is 0 Å². The molecule has 1 aliphatic rings. The van der Waals surface area contributed by atoms with Gasteiger partial charge in [0.15, 0.2) is 17.3 Å². The number of benzene rings is 2. The van der Waals surface area contributed by atoms with Crippen LogP contribution in [0.15, 0.2) is 53.7 Å². The zero-order valence-electron chi connectivity index (χ0n) is 19.9. The maximum absolute atomic E-state index is 13.0. The first kappa shape index (κ1) is 24.3. The summed E-state index contributed by atoms with van der Waals surface area (Å²) in [6.45, 7) is 4.57. The van der Waals surface area contributed by atoms with Crippen LogP contribution in [0.4, 0.5) is 5.69 Å². The molecule has 0 radical (unpaired) electrons. The highest BCUT2D eigenvalue weighted by Gasteiger charge is 2.49. The first-order chi connectivity index (χ1) is 15.6. The Morgan fingerprint density at radius 3 is 2.12 bits per heavy atom. The lowest BCUT2D eigenvalue weighted by molar-refractivity contribution is -0.131. The minimum Gasteiger partial charge on any atom is -0.497 e. The van der Waals surface area contributed by atoms with E-state index in [-0.39, 0.29) is 18.0 Å². The highest BCUT2D eigenvalue weighted by Crippen LogP contribution is 2.49. The van der Waals surface area contributed by atoms with Gasteiger partial charge in [0.2, 0.25) is 0 Å². The van der Waals surface area contributed by atoms with Crippen molar-refractivity contribution < 1.29 is 28.9 Å². The fourth-order valence-corrected chi connectivity index (χ4v) is 4.75. The van der Waals surface area contributed by atoms with Crippen molar-refractivity contribution in [2.24, 2.45) is 5.92 Å². The van der Waals surface area contributed by atoms with E-state index in [4.69, 9.17) is 14.2 Å². The van der Waals surface area contributed by atoms with E-state index in [9.17, 15) is 14.7 Å². The van der Waals surface area contributed by atoms with E-state index < -0.39 is 17.4 Å². The molecular formula is C26H31NO6. The minimum atomic E-state index is -1.38. The number of nitrogens with one attached hydrogen (secondary N) is 1. The molecule has 7 heteroatoms. The quantitative estimate of drug-likeness (QED) is 0.621. The third-order valence-electron chi connectivity index (χ3n) is 6.14. The molecule has 0 spiro atoms. The highest BCUT2D eigenvalue weighted by atomic mass is 16.5. The van der Waals surface area contributed by atoms with Gasteiger partial charge in [0.1, 0.15) is 11.5 Å². The summed E-state index contributed by atoms with van der Waals surface area (Å²) < 4.78 is 16.0. The van der Waals surface area contributed by atoms with Crippen LogP contribution in [0.3, 0.4) is 0 Å². The molecule has 7 nitrogen and oxygen atoms in total. The summed E-state index contributed by atoms with van der Waals surface area (Å²) >= 11 is 0. The van der Waals surface area contributed by atoms with Gasteiger partial charge in [0, 0.05) is 29.3 Å². The van der Waals surface area contributed by atoms with Crippen molar-refractivity contribution in [1.82, 2.24) is 0 Å². The van der Waals surface area contributed by atoms with Gasteiger partial charge in [0.25, 0.3) is 0 Å². The number of carbonyl (C=O) groups is 2. The predicted octanol–water partition coefficient (Wildman–Crippen LogP) is 4.11. The Balaban J connectivity index is 2.20. The summed E-state index contributed by atoms with van der Waals surface area (Å²) in [5, 5.41) is 14.7. The second-order valence-electron chi connectivity index (χ2n) is 8.52. The van der Waals surface area contributed by atoms with Gasteiger partial charge >= 0.3 is 0 Å². The van der Waals surface area contributed by atoms with Crippen LogP contribution in [0.1, 0.15) is 38.7 Å². The van der Waals surface area contributed by atoms with Gasteiger partial charge in [-0.1, -0.05) is 6.07 Å². The number of ether oxygens (including phenoxy) is 3. The van der Waals surface area contributed by atoms with Crippen molar-refractivity contribution in [3.63, 3.8) is 0 Å². The predicted molar refractivity (Wildman–Crippen MR) is 126 cm³/mol. The second-order valence-corrected chi connectivity index (χ2v) is 8.52. The Kier molecular flexibility index (Phi) is 7.12. The van der Waals surface area contributed by atoms with E-state index in [2.05, 4.69) is 5.32 Å². The van der Waals surface area contributed by atoms with Crippen LogP contribution < -0.4 is 19.5 Å². The fraction of sp³-hybridized carbons (Fsp3) is 0.385. The Morgan fingerprint density at radius 1 is 0.970 bits per heavy atom. The van der Waals surface area contributed by atoms with E-state index in [0.717, 1.165) is 5.69 Å². The monoisotopic (exact) mass is 453 g/mol. The van der Waals surface area contributed by atoms with E-state index in [1.54, 1.807) is 39.3 Å². The number of methoxy groups -OCH3 is 3. The number of hydrogen-bond acceptors (Lipinski definition) is 7. The lowest BCUT2D eigenvalue weighted by atomic mass is 9.64. The molecule has 0 bridgehead atoms. The van der Waals surface area contributed by atoms with Crippen molar-refractivity contribution in [2.75, 3.05) is 26.6 Å². The summed E-state index contributed by atoms with van der Waals surface area (Å²) in [5.41, 5.74) is 1.09. The van der Waals surface area contributed by atoms with Crippen molar-refractivity contribution >= 4 is 17.3 Å². The van der Waals surface area contributed by atoms with Crippen LogP contribution in [0, 0.1) is 5.92 Å². The number of allylic oxidation sites excluding steroid dienone is 1. The average Bonchev–Trinajstić information content (AvgIpc) is 2.77. The van der Waals surface area contributed by atoms with Crippen molar-refractivity contribution in [3.05, 3.63) is 59.3 Å². The number of anilines is 1. The van der Waals surface area contributed by atoms with Crippen molar-refractivity contribution in [1.29, 1.82) is 0 Å². The maximum Gasteiger partial charge on any atom is 0.161 e. The second kappa shape index (κ2) is 9.67. The lowest BCUT2D eigenvalue weighted by Crippen LogP contribution is -2.48. The Bertz CT molecular complexity index is 1070. The van der Waals surface area contributed by atoms with E-state index in [0.29, 0.717) is 34.1 Å². The largest absolute Gasteiger partial charge is 0.497 e. The van der Waals surface area contributed by atoms with E-state index in [1.165, 1.54) is 21.0 Å². The van der Waals surface area contributed by atoms with Gasteiger partial charge in [-0.05, 0) is 62.7 Å². The molecule has 0 saturated heterocycles. The Morgan fingerprint density at radius 2 is 1.61 bits per heavy atom. The van der Waals surface area contributed by atoms with Gasteiger partial charge in [-0.2, -0.15) is 0 Å². The zero-order valence-corrected chi connectivity index (χ0v) is 19.9. The molecule has 176 valence electrons. The standard InChI is InChI=1S/C26H31NO6/c1-15(28)23-20(27-18-8-10-19(31-4)11-9-18)14-26(3,30)25(16(2)29)24(23)17-7-12-21(32-5)22(13-17)33-6/h7-13,24-25,27,30H,14H2,1-6H3/t24-,25-,26+/m0/s1. The highest BCUT2D eigenvalue weighted by molar-refractivity contribution is 5.98. The number of hydrogen-bond donors (Lipinski definition) is 2. The topological polar surface area (TPSA) is 94.1 Å². The Labute approximate surface area is 194 Å². The number of Topliss-reactive ketones (excluding diaryl/α,β-unsaturated/α-hetero) is 2. The maximum atomic E-state index is 13.0. The molecule has 0 aliphatic heterocycles. The summed E-state index contributed by atoms with van der Waals surface area (Å²) in [6, 6.07) is 12.6. The molecular weight excluding hydrogens is 422 g/mol. The summed E-state index contributed by atoms with van der Waals surface area (Å²) in [7, 11) is 4.66. The van der Waals surface area contributed by atoms with Crippen molar-refractivity contribution in [2.45, 2.75) is 38.7 Å². The Hall–Kier alpha value is -3.32. The number of aliphatic hydroxyl groups is 1. The normalized spacial score (nSPS) is 22.5. The van der Waals surface area contributed by atoms with Gasteiger partial charge in [-0.25, -0.2) is 0 Å². The first-order valence-electron chi connectivity index (χ1n) is 10.7. The van der Waals surface area contributed by atoms with Crippen LogP contribution in [-0.2, 0) is 9.59 Å². The van der Waals surface area contributed by atoms with Crippen LogP contribution in [0.5, 0.6) is 17.2 Å². The molecule has 3 atom stereocenters. The molecule has 3 rings (SSSR count). The molecule has 2 aromatic carbocycles. The minimum absolute atomic E-state index is 0.127. The molecule has 2 aromatic rings. The molecule has 1 aliphatic carbocycles. The first-order valence-corrected chi connectivity index (χ1v) is 10.7. The number of rotatable bonds is 8. The molecule has 0 fully saturated rings. The zero-order chi connectivity index (χ0) is 24.3. The van der Waals surface area contributed by atoms with Gasteiger partial charge < -0.3 is 24.6 Å². The fourth-order valence-electron chi connectivity index (χ4n) is 4.75. The molecule has 0 unspecified atom stereocenters. The van der Waals surface area contributed by atoms with Crippen molar-refractivity contribution in [3.8, 4) is 17.2 Å². The summed E-state index contributed by atoms with van der Waals surface area (Å²) in [4.78, 5) is 25.8. The van der Waals surface area contributed by atoms with Gasteiger partial charge in [-0.3, -0.25) is 9.59 Å². The van der Waals surface area contributed by atoms with E-state index in [1.807, 2.05) is 24.3 Å². The van der Waals surface area contributed by atoms with Gasteiger partial charge in [0.05, 0.1) is 32.8 Å². The van der Waals surface area contributed by atoms with Crippen LogP contribution in [0.2, 0.25) is 0 Å². The molecule has 0 heterocycles. The van der Waals surface area contributed by atoms with Crippen LogP contribution >= 0.6 is 0 Å². The number of carbonyl (C=O) groups excluding carboxylic acids is 2. The smallest absolute Gasteiger partial charge is 0.161 e. The summed E-state index contributed by atoms with van der Waals surface area (Å²) in [6.07, 6.45) is 0.127. The number of ketones is 2. The van der Waals surface area contributed by atoms with Crippen LogP contribution in [0.25, 0.3) is 0 Å². The van der Waals surface area contributed by atoms with Crippen LogP contribution in [-0.4, -0.2) is 43.6 Å². The molecule has 2 N–H and O–H groups in total. The molecule has 0 aromatic heterocycles. The molecule has 33 heavy (non-hydrogen) atoms. The summed E-state index contributed by atoms with van der Waals surface area (Å²) in [5.74, 6) is -0.116. The lowest BCUT2D eigenvalue weighted by Gasteiger charge is -2.43. The average molecular weight is 454 g/mol. The SMILES string of the molecule is COc1ccc(NC2=C(C(C)=O)[C@H](c3ccc(OC)c(OC)c3)[C@H](C(C)=O)[C@](C)(O)C2)cc1.